The maximum Gasteiger partial charge on any atom is 0.234 e. The highest BCUT2D eigenvalue weighted by Gasteiger charge is 2.27. The molecule has 1 N–H and O–H groups in total. The minimum atomic E-state index is -0.225. The first-order valence-electron chi connectivity index (χ1n) is 6.58. The number of likely N-dealkylation sites (tertiary alicyclic amines) is 1. The Morgan fingerprint density at radius 2 is 2.21 bits per heavy atom. The molecule has 102 valence electrons. The fourth-order valence-electron chi connectivity index (χ4n) is 2.50. The number of halogens is 1. The quantitative estimate of drug-likeness (QED) is 0.826. The first-order chi connectivity index (χ1) is 9.20. The van der Waals surface area contributed by atoms with Gasteiger partial charge in [0.2, 0.25) is 5.91 Å². The zero-order valence-corrected chi connectivity index (χ0v) is 10.9. The van der Waals surface area contributed by atoms with Crippen molar-refractivity contribution in [1.29, 1.82) is 0 Å². The van der Waals surface area contributed by atoms with E-state index in [4.69, 9.17) is 0 Å². The van der Waals surface area contributed by atoms with Gasteiger partial charge in [0.1, 0.15) is 5.82 Å². The number of carbonyl (C=O) groups is 1. The second kappa shape index (κ2) is 6.48. The zero-order valence-electron chi connectivity index (χ0n) is 10.9. The number of rotatable bonds is 5. The molecule has 0 aromatic heterocycles. The molecule has 1 aliphatic rings. The molecule has 0 bridgehead atoms. The van der Waals surface area contributed by atoms with E-state index >= 15 is 0 Å². The number of amides is 1. The summed E-state index contributed by atoms with van der Waals surface area (Å²) < 4.78 is 12.9. The van der Waals surface area contributed by atoms with Crippen molar-refractivity contribution in [2.75, 3.05) is 19.6 Å². The standard InChI is InChI=1S/C15H19FN2O/c1-2-9-17-15(19)11-18-10-3-4-14(18)12-5-7-13(16)8-6-12/h2,5-8,14H,1,3-4,9-11H2,(H,17,19)/t14-/m1/s1. The van der Waals surface area contributed by atoms with Crippen molar-refractivity contribution >= 4 is 5.91 Å². The number of carbonyl (C=O) groups excluding carboxylic acids is 1. The molecule has 1 heterocycles. The fraction of sp³-hybridized carbons (Fsp3) is 0.400. The monoisotopic (exact) mass is 262 g/mol. The van der Waals surface area contributed by atoms with Crippen molar-refractivity contribution in [3.8, 4) is 0 Å². The third-order valence-corrected chi connectivity index (χ3v) is 3.41. The van der Waals surface area contributed by atoms with Gasteiger partial charge < -0.3 is 5.32 Å². The van der Waals surface area contributed by atoms with Gasteiger partial charge in [0.25, 0.3) is 0 Å². The largest absolute Gasteiger partial charge is 0.352 e. The Morgan fingerprint density at radius 3 is 2.89 bits per heavy atom. The van der Waals surface area contributed by atoms with E-state index in [0.717, 1.165) is 24.9 Å². The minimum Gasteiger partial charge on any atom is -0.352 e. The number of nitrogens with zero attached hydrogens (tertiary/aromatic N) is 1. The lowest BCUT2D eigenvalue weighted by molar-refractivity contribution is -0.122. The van der Waals surface area contributed by atoms with Crippen molar-refractivity contribution in [2.24, 2.45) is 0 Å². The topological polar surface area (TPSA) is 32.3 Å². The predicted molar refractivity (Wildman–Crippen MR) is 73.2 cm³/mol. The molecule has 0 aliphatic carbocycles. The molecule has 1 aromatic carbocycles. The second-order valence-electron chi connectivity index (χ2n) is 4.77. The Kier molecular flexibility index (Phi) is 4.68. The molecular weight excluding hydrogens is 243 g/mol. The maximum absolute atomic E-state index is 12.9. The average molecular weight is 262 g/mol. The Bertz CT molecular complexity index is 444. The van der Waals surface area contributed by atoms with Gasteiger partial charge in [-0.2, -0.15) is 0 Å². The van der Waals surface area contributed by atoms with Crippen LogP contribution in [-0.2, 0) is 4.79 Å². The number of hydrogen-bond acceptors (Lipinski definition) is 2. The molecule has 2 rings (SSSR count). The van der Waals surface area contributed by atoms with Crippen LogP contribution in [0.15, 0.2) is 36.9 Å². The van der Waals surface area contributed by atoms with Gasteiger partial charge in [0.15, 0.2) is 0 Å². The van der Waals surface area contributed by atoms with Crippen LogP contribution in [0.4, 0.5) is 4.39 Å². The normalized spacial score (nSPS) is 19.3. The summed E-state index contributed by atoms with van der Waals surface area (Å²) in [5.41, 5.74) is 1.08. The SMILES string of the molecule is C=CCNC(=O)CN1CCC[C@@H]1c1ccc(F)cc1. The van der Waals surface area contributed by atoms with Gasteiger partial charge in [0, 0.05) is 12.6 Å². The summed E-state index contributed by atoms with van der Waals surface area (Å²) in [6.45, 7) is 5.36. The van der Waals surface area contributed by atoms with Crippen LogP contribution >= 0.6 is 0 Å². The van der Waals surface area contributed by atoms with Crippen LogP contribution in [0, 0.1) is 5.82 Å². The highest BCUT2D eigenvalue weighted by molar-refractivity contribution is 5.78. The molecule has 1 atom stereocenters. The molecule has 19 heavy (non-hydrogen) atoms. The second-order valence-corrected chi connectivity index (χ2v) is 4.77. The Hall–Kier alpha value is -1.68. The number of nitrogens with one attached hydrogen (secondary N) is 1. The van der Waals surface area contributed by atoms with Crippen molar-refractivity contribution in [3.63, 3.8) is 0 Å². The van der Waals surface area contributed by atoms with Gasteiger partial charge in [-0.25, -0.2) is 4.39 Å². The molecule has 3 nitrogen and oxygen atoms in total. The van der Waals surface area contributed by atoms with E-state index in [2.05, 4.69) is 16.8 Å². The Morgan fingerprint density at radius 1 is 1.47 bits per heavy atom. The number of hydrogen-bond donors (Lipinski definition) is 1. The summed E-state index contributed by atoms with van der Waals surface area (Å²) in [5, 5.41) is 2.78. The Balaban J connectivity index is 1.98. The third-order valence-electron chi connectivity index (χ3n) is 3.41. The summed E-state index contributed by atoms with van der Waals surface area (Å²) in [7, 11) is 0. The first kappa shape index (κ1) is 13.7. The molecule has 1 fully saturated rings. The average Bonchev–Trinajstić information content (AvgIpc) is 2.85. The van der Waals surface area contributed by atoms with Gasteiger partial charge in [-0.3, -0.25) is 9.69 Å². The molecule has 0 radical (unpaired) electrons. The van der Waals surface area contributed by atoms with Crippen LogP contribution in [0.1, 0.15) is 24.4 Å². The van der Waals surface area contributed by atoms with E-state index in [9.17, 15) is 9.18 Å². The lowest BCUT2D eigenvalue weighted by Crippen LogP contribution is -2.36. The van der Waals surface area contributed by atoms with E-state index in [0.29, 0.717) is 13.1 Å². The minimum absolute atomic E-state index is 0.00825. The van der Waals surface area contributed by atoms with Crippen LogP contribution in [0.25, 0.3) is 0 Å². The van der Waals surface area contributed by atoms with Gasteiger partial charge >= 0.3 is 0 Å². The van der Waals surface area contributed by atoms with Crippen molar-refractivity contribution in [1.82, 2.24) is 10.2 Å². The van der Waals surface area contributed by atoms with E-state index in [1.54, 1.807) is 18.2 Å². The van der Waals surface area contributed by atoms with Crippen LogP contribution < -0.4 is 5.32 Å². The smallest absolute Gasteiger partial charge is 0.234 e. The van der Waals surface area contributed by atoms with E-state index in [-0.39, 0.29) is 17.8 Å². The summed E-state index contributed by atoms with van der Waals surface area (Å²) in [6, 6.07) is 6.78. The zero-order chi connectivity index (χ0) is 13.7. The number of benzene rings is 1. The highest BCUT2D eigenvalue weighted by Crippen LogP contribution is 2.31. The molecule has 4 heteroatoms. The van der Waals surface area contributed by atoms with Crippen LogP contribution in [0.5, 0.6) is 0 Å². The summed E-state index contributed by atoms with van der Waals surface area (Å²) in [5.74, 6) is -0.217. The first-order valence-corrected chi connectivity index (χ1v) is 6.58. The molecule has 1 saturated heterocycles. The van der Waals surface area contributed by atoms with Gasteiger partial charge in [-0.15, -0.1) is 6.58 Å². The highest BCUT2D eigenvalue weighted by atomic mass is 19.1. The fourth-order valence-corrected chi connectivity index (χ4v) is 2.50. The van der Waals surface area contributed by atoms with Crippen molar-refractivity contribution < 1.29 is 9.18 Å². The van der Waals surface area contributed by atoms with E-state index in [1.165, 1.54) is 12.1 Å². The third kappa shape index (κ3) is 3.64. The van der Waals surface area contributed by atoms with Gasteiger partial charge in [-0.1, -0.05) is 18.2 Å². The van der Waals surface area contributed by atoms with Crippen molar-refractivity contribution in [2.45, 2.75) is 18.9 Å². The molecule has 1 aromatic rings. The molecular formula is C15H19FN2O. The van der Waals surface area contributed by atoms with E-state index in [1.807, 2.05) is 0 Å². The molecule has 0 saturated carbocycles. The molecule has 1 aliphatic heterocycles. The predicted octanol–water partition coefficient (Wildman–Crippen LogP) is 2.26. The molecule has 0 spiro atoms. The molecule has 1 amide bonds. The van der Waals surface area contributed by atoms with Crippen LogP contribution in [-0.4, -0.2) is 30.4 Å². The summed E-state index contributed by atoms with van der Waals surface area (Å²) >= 11 is 0. The van der Waals surface area contributed by atoms with Crippen LogP contribution in [0.3, 0.4) is 0 Å². The lowest BCUT2D eigenvalue weighted by atomic mass is 10.0. The summed E-state index contributed by atoms with van der Waals surface area (Å²) in [6.07, 6.45) is 3.75. The van der Waals surface area contributed by atoms with Crippen molar-refractivity contribution in [3.05, 3.63) is 48.3 Å². The van der Waals surface area contributed by atoms with Crippen LogP contribution in [0.2, 0.25) is 0 Å². The maximum atomic E-state index is 12.9. The Labute approximate surface area is 113 Å². The summed E-state index contributed by atoms with van der Waals surface area (Å²) in [4.78, 5) is 13.9. The molecule has 0 unspecified atom stereocenters. The van der Waals surface area contributed by atoms with E-state index < -0.39 is 0 Å². The lowest BCUT2D eigenvalue weighted by Gasteiger charge is -2.24. The van der Waals surface area contributed by atoms with Gasteiger partial charge in [-0.05, 0) is 37.1 Å². The van der Waals surface area contributed by atoms with Gasteiger partial charge in [0.05, 0.1) is 6.54 Å².